The van der Waals surface area contributed by atoms with Crippen LogP contribution in [0.1, 0.15) is 53.4 Å². The van der Waals surface area contributed by atoms with Gasteiger partial charge in [-0.1, -0.05) is 52.0 Å². The fraction of sp³-hybridized carbons (Fsp3) is 0.357. The average molecular weight is 722 g/mol. The first kappa shape index (κ1) is 32.0. The molecule has 0 saturated carbocycles. The van der Waals surface area contributed by atoms with Gasteiger partial charge in [-0.3, -0.25) is 4.79 Å². The first-order valence-electron chi connectivity index (χ1n) is 12.5. The standard InChI is InChI=1S/C15H5F4N4.C13H24O2.Ir/c16-9-8-13(12(19)11(18)10(9)17)20-5-21-14(8)15-22-6-3-1-2-4-7(6)23-15;1-5-10(6-2)12(14)9-13(15)11(7-3)8-4;/h1-5H;9-11,14H,5-8H2,1-4H3;/q-1;;/b;12-9-;. The van der Waals surface area contributed by atoms with Crippen LogP contribution in [0, 0.1) is 35.1 Å². The smallest absolute Gasteiger partial charge is 0.199 e. The summed E-state index contributed by atoms with van der Waals surface area (Å²) in [5.41, 5.74) is 0.150. The molecule has 2 aromatic carbocycles. The van der Waals surface area contributed by atoms with Gasteiger partial charge in [0.2, 0.25) is 0 Å². The molecule has 0 atom stereocenters. The Hall–Kier alpha value is -3.17. The summed E-state index contributed by atoms with van der Waals surface area (Å²) in [5, 5.41) is 9.16. The van der Waals surface area contributed by atoms with Gasteiger partial charge in [0.15, 0.2) is 29.1 Å². The summed E-state index contributed by atoms with van der Waals surface area (Å²) in [5.74, 6) is -6.49. The molecule has 0 bridgehead atoms. The Labute approximate surface area is 237 Å². The van der Waals surface area contributed by atoms with Crippen LogP contribution in [-0.2, 0) is 24.9 Å². The van der Waals surface area contributed by atoms with Crippen molar-refractivity contribution in [2.45, 2.75) is 53.4 Å². The predicted octanol–water partition coefficient (Wildman–Crippen LogP) is 7.23. The predicted molar refractivity (Wildman–Crippen MR) is 137 cm³/mol. The Morgan fingerprint density at radius 1 is 0.897 bits per heavy atom. The minimum absolute atomic E-state index is 0. The van der Waals surface area contributed by atoms with E-state index in [4.69, 9.17) is 0 Å². The van der Waals surface area contributed by atoms with E-state index in [0.717, 1.165) is 32.0 Å². The fourth-order valence-electron chi connectivity index (χ4n) is 4.13. The van der Waals surface area contributed by atoms with Gasteiger partial charge in [0.25, 0.3) is 0 Å². The van der Waals surface area contributed by atoms with E-state index in [0.29, 0.717) is 11.0 Å². The van der Waals surface area contributed by atoms with Gasteiger partial charge in [-0.15, -0.1) is 0 Å². The molecule has 2 heterocycles. The number of benzene rings is 2. The zero-order valence-corrected chi connectivity index (χ0v) is 24.3. The number of aliphatic hydroxyl groups excluding tert-OH is 1. The van der Waals surface area contributed by atoms with Gasteiger partial charge < -0.3 is 15.1 Å². The first-order valence-corrected chi connectivity index (χ1v) is 12.5. The third kappa shape index (κ3) is 6.89. The monoisotopic (exact) mass is 722 g/mol. The van der Waals surface area contributed by atoms with E-state index in [-0.39, 0.29) is 55.0 Å². The fourth-order valence-corrected chi connectivity index (χ4v) is 4.13. The minimum Gasteiger partial charge on any atom is -0.512 e. The van der Waals surface area contributed by atoms with E-state index in [1.807, 2.05) is 27.7 Å². The molecule has 1 N–H and O–H groups in total. The third-order valence-electron chi connectivity index (χ3n) is 6.48. The number of aliphatic hydroxyl groups is 1. The first-order chi connectivity index (χ1) is 18.2. The van der Waals surface area contributed by atoms with Crippen molar-refractivity contribution in [3.05, 3.63) is 65.7 Å². The van der Waals surface area contributed by atoms with Crippen LogP contribution in [0.4, 0.5) is 17.6 Å². The second kappa shape index (κ2) is 14.3. The summed E-state index contributed by atoms with van der Waals surface area (Å²) in [7, 11) is 0. The molecular formula is C28H29F4IrN4O2-. The molecule has 4 rings (SSSR count). The number of fused-ring (bicyclic) bond motifs is 2. The van der Waals surface area contributed by atoms with Gasteiger partial charge in [0.05, 0.1) is 16.8 Å². The largest absolute Gasteiger partial charge is 0.512 e. The van der Waals surface area contributed by atoms with Crippen LogP contribution in [-0.4, -0.2) is 25.8 Å². The zero-order chi connectivity index (χ0) is 28.0. The van der Waals surface area contributed by atoms with Crippen molar-refractivity contribution in [1.29, 1.82) is 0 Å². The normalized spacial score (nSPS) is 11.6. The van der Waals surface area contributed by atoms with E-state index in [9.17, 15) is 27.5 Å². The molecule has 39 heavy (non-hydrogen) atoms. The van der Waals surface area contributed by atoms with Crippen molar-refractivity contribution in [1.82, 2.24) is 19.9 Å². The van der Waals surface area contributed by atoms with Crippen molar-refractivity contribution in [3.8, 4) is 11.5 Å². The maximum Gasteiger partial charge on any atom is 0.199 e. The van der Waals surface area contributed by atoms with E-state index >= 15 is 0 Å². The van der Waals surface area contributed by atoms with Crippen LogP contribution in [0.5, 0.6) is 0 Å². The molecule has 0 fully saturated rings. The van der Waals surface area contributed by atoms with Crippen molar-refractivity contribution >= 4 is 27.7 Å². The molecule has 211 valence electrons. The van der Waals surface area contributed by atoms with E-state index in [2.05, 4.69) is 19.9 Å². The second-order valence-electron chi connectivity index (χ2n) is 8.74. The number of ketones is 1. The maximum atomic E-state index is 14.1. The SMILES string of the molecule is CCC(CC)C(=O)/C=C(\O)C(CC)CC.Fc1c(F)c(F)c2c(-c3nc4ccccc4[n-]3)ncnc2c1F.[Ir]. The minimum atomic E-state index is -1.93. The molecule has 0 aliphatic rings. The molecule has 2 aromatic heterocycles. The number of halogens is 4. The topological polar surface area (TPSA) is 90.1 Å². The molecular weight excluding hydrogens is 693 g/mol. The average Bonchev–Trinajstić information content (AvgIpc) is 3.36. The van der Waals surface area contributed by atoms with Crippen LogP contribution < -0.4 is 4.98 Å². The van der Waals surface area contributed by atoms with Crippen LogP contribution in [0.2, 0.25) is 0 Å². The number of imidazole rings is 1. The number of para-hydroxylation sites is 2. The number of carbonyl (C=O) groups is 1. The Balaban J connectivity index is 0.000000294. The molecule has 0 aliphatic heterocycles. The Kier molecular flexibility index (Phi) is 11.7. The molecule has 0 unspecified atom stereocenters. The van der Waals surface area contributed by atoms with E-state index in [1.165, 1.54) is 6.08 Å². The molecule has 0 amide bonds. The molecule has 0 saturated heterocycles. The van der Waals surface area contributed by atoms with E-state index < -0.39 is 34.2 Å². The molecule has 0 aliphatic carbocycles. The molecule has 4 aromatic rings. The zero-order valence-electron chi connectivity index (χ0n) is 21.9. The summed E-state index contributed by atoms with van der Waals surface area (Å²) in [4.78, 5) is 27.3. The number of aromatic nitrogens is 4. The molecule has 0 spiro atoms. The van der Waals surface area contributed by atoms with Crippen molar-refractivity contribution in [3.63, 3.8) is 0 Å². The number of allylic oxidation sites excluding steroid dienone is 2. The quantitative estimate of drug-likeness (QED) is 0.0680. The van der Waals surface area contributed by atoms with Crippen molar-refractivity contribution in [2.75, 3.05) is 0 Å². The Bertz CT molecular complexity index is 1430. The number of hydrogen-bond donors (Lipinski definition) is 1. The van der Waals surface area contributed by atoms with Crippen LogP contribution >= 0.6 is 0 Å². The number of carbonyl (C=O) groups excluding carboxylic acids is 1. The van der Waals surface area contributed by atoms with Crippen LogP contribution in [0.15, 0.2) is 42.4 Å². The van der Waals surface area contributed by atoms with Crippen LogP contribution in [0.25, 0.3) is 33.5 Å². The molecule has 11 heteroatoms. The van der Waals surface area contributed by atoms with Crippen molar-refractivity contribution < 1.29 is 47.6 Å². The second-order valence-corrected chi connectivity index (χ2v) is 8.74. The van der Waals surface area contributed by atoms with Gasteiger partial charge in [-0.2, -0.15) is 0 Å². The van der Waals surface area contributed by atoms with Gasteiger partial charge in [-0.25, -0.2) is 27.5 Å². The number of hydrogen-bond acceptors (Lipinski definition) is 5. The third-order valence-corrected chi connectivity index (χ3v) is 6.48. The molecule has 1 radical (unpaired) electrons. The number of nitrogens with zero attached hydrogens (tertiary/aromatic N) is 4. The van der Waals surface area contributed by atoms with Crippen LogP contribution in [0.3, 0.4) is 0 Å². The summed E-state index contributed by atoms with van der Waals surface area (Å²) < 4.78 is 54.8. The number of rotatable bonds is 8. The summed E-state index contributed by atoms with van der Waals surface area (Å²) in [6, 6.07) is 6.81. The Morgan fingerprint density at radius 3 is 2.08 bits per heavy atom. The Morgan fingerprint density at radius 2 is 1.49 bits per heavy atom. The van der Waals surface area contributed by atoms with Crippen molar-refractivity contribution in [2.24, 2.45) is 11.8 Å². The summed E-state index contributed by atoms with van der Waals surface area (Å²) in [6.45, 7) is 8.07. The van der Waals surface area contributed by atoms with Gasteiger partial charge in [0.1, 0.15) is 11.8 Å². The summed E-state index contributed by atoms with van der Waals surface area (Å²) >= 11 is 0. The summed E-state index contributed by atoms with van der Waals surface area (Å²) in [6.07, 6.45) is 5.82. The van der Waals surface area contributed by atoms with E-state index in [1.54, 1.807) is 24.3 Å². The van der Waals surface area contributed by atoms with Gasteiger partial charge >= 0.3 is 0 Å². The van der Waals surface area contributed by atoms with Gasteiger partial charge in [0, 0.05) is 38.0 Å². The van der Waals surface area contributed by atoms with Gasteiger partial charge in [-0.05, 0) is 42.5 Å². The maximum absolute atomic E-state index is 14.1. The molecule has 6 nitrogen and oxygen atoms in total.